The summed E-state index contributed by atoms with van der Waals surface area (Å²) in [6.45, 7) is 6.23. The Labute approximate surface area is 199 Å². The number of rotatable bonds is 9. The van der Waals surface area contributed by atoms with Gasteiger partial charge in [-0.2, -0.15) is 0 Å². The number of nitrogens with one attached hydrogen (secondary N) is 1. The lowest BCUT2D eigenvalue weighted by Gasteiger charge is -2.32. The summed E-state index contributed by atoms with van der Waals surface area (Å²) in [7, 11) is 0. The van der Waals surface area contributed by atoms with Crippen LogP contribution < -0.4 is 10.1 Å². The van der Waals surface area contributed by atoms with Gasteiger partial charge >= 0.3 is 0 Å². The second-order valence-corrected chi connectivity index (χ2v) is 9.42. The lowest BCUT2D eigenvalue weighted by Crippen LogP contribution is -2.52. The molecule has 1 atom stereocenters. The molecule has 2 amide bonds. The summed E-state index contributed by atoms with van der Waals surface area (Å²) in [5.74, 6) is 0.376. The molecule has 0 saturated heterocycles. The second-order valence-electron chi connectivity index (χ2n) is 8.56. The van der Waals surface area contributed by atoms with Crippen LogP contribution in [0, 0.1) is 13.8 Å². The number of carbonyl (C=O) groups excluding carboxylic acids is 2. The number of carbonyl (C=O) groups is 2. The van der Waals surface area contributed by atoms with Gasteiger partial charge in [-0.15, -0.1) is 0 Å². The molecule has 2 aromatic rings. The molecule has 1 saturated carbocycles. The summed E-state index contributed by atoms with van der Waals surface area (Å²) in [6.07, 6.45) is 4.87. The third-order valence-electron chi connectivity index (χ3n) is 6.18. The molecule has 5 nitrogen and oxygen atoms in total. The molecule has 172 valence electrons. The average molecular weight is 501 g/mol. The van der Waals surface area contributed by atoms with E-state index >= 15 is 0 Å². The molecule has 6 heteroatoms. The number of amides is 2. The Morgan fingerprint density at radius 3 is 2.50 bits per heavy atom. The molecule has 3 rings (SSSR count). The number of benzene rings is 2. The number of hydrogen-bond acceptors (Lipinski definition) is 3. The van der Waals surface area contributed by atoms with Crippen LogP contribution in [0.1, 0.15) is 55.7 Å². The van der Waals surface area contributed by atoms with Crippen LogP contribution in [0.25, 0.3) is 0 Å². The largest absolute Gasteiger partial charge is 0.484 e. The van der Waals surface area contributed by atoms with Crippen LogP contribution in [0.15, 0.2) is 46.9 Å². The molecule has 1 N–H and O–H groups in total. The smallest absolute Gasteiger partial charge is 0.261 e. The maximum absolute atomic E-state index is 13.3. The maximum atomic E-state index is 13.3. The van der Waals surface area contributed by atoms with E-state index in [-0.39, 0.29) is 24.5 Å². The molecule has 1 fully saturated rings. The van der Waals surface area contributed by atoms with E-state index in [1.165, 1.54) is 0 Å². The number of nitrogens with zero attached hydrogens (tertiary/aromatic N) is 1. The molecular formula is C26H33BrN2O3. The zero-order valence-electron chi connectivity index (χ0n) is 19.2. The highest BCUT2D eigenvalue weighted by Crippen LogP contribution is 2.23. The lowest BCUT2D eigenvalue weighted by atomic mass is 10.1. The van der Waals surface area contributed by atoms with Crippen molar-refractivity contribution < 1.29 is 14.3 Å². The number of ether oxygens (including phenoxy) is 1. The van der Waals surface area contributed by atoms with Crippen LogP contribution in [0.4, 0.5) is 0 Å². The summed E-state index contributed by atoms with van der Waals surface area (Å²) in [5, 5.41) is 3.17. The van der Waals surface area contributed by atoms with Gasteiger partial charge in [0, 0.05) is 17.1 Å². The van der Waals surface area contributed by atoms with Crippen molar-refractivity contribution in [2.24, 2.45) is 0 Å². The van der Waals surface area contributed by atoms with Gasteiger partial charge in [0.2, 0.25) is 5.91 Å². The Balaban J connectivity index is 1.77. The monoisotopic (exact) mass is 500 g/mol. The van der Waals surface area contributed by atoms with E-state index in [4.69, 9.17) is 4.74 Å². The van der Waals surface area contributed by atoms with Crippen molar-refractivity contribution in [3.63, 3.8) is 0 Å². The topological polar surface area (TPSA) is 58.6 Å². The molecule has 0 aromatic heterocycles. The van der Waals surface area contributed by atoms with Crippen molar-refractivity contribution in [3.05, 3.63) is 63.6 Å². The van der Waals surface area contributed by atoms with Crippen LogP contribution in [0.3, 0.4) is 0 Å². The van der Waals surface area contributed by atoms with Gasteiger partial charge < -0.3 is 15.0 Å². The van der Waals surface area contributed by atoms with Crippen molar-refractivity contribution in [1.29, 1.82) is 0 Å². The van der Waals surface area contributed by atoms with E-state index in [9.17, 15) is 9.59 Å². The van der Waals surface area contributed by atoms with Gasteiger partial charge in [0.1, 0.15) is 11.8 Å². The zero-order chi connectivity index (χ0) is 23.1. The molecule has 32 heavy (non-hydrogen) atoms. The van der Waals surface area contributed by atoms with Gasteiger partial charge in [-0.05, 0) is 68.0 Å². The van der Waals surface area contributed by atoms with Crippen LogP contribution in [0.5, 0.6) is 5.75 Å². The van der Waals surface area contributed by atoms with Gasteiger partial charge in [-0.1, -0.05) is 60.0 Å². The molecule has 0 heterocycles. The Kier molecular flexibility index (Phi) is 8.74. The first-order chi connectivity index (χ1) is 15.4. The highest BCUT2D eigenvalue weighted by atomic mass is 79.9. The number of hydrogen-bond donors (Lipinski definition) is 1. The first kappa shape index (κ1) is 24.3. The number of aryl methyl sites for hydroxylation is 2. The predicted octanol–water partition coefficient (Wildman–Crippen LogP) is 5.31. The summed E-state index contributed by atoms with van der Waals surface area (Å²) >= 11 is 3.48. The first-order valence-electron chi connectivity index (χ1n) is 11.4. The Hall–Kier alpha value is -2.34. The molecule has 1 aliphatic rings. The van der Waals surface area contributed by atoms with Gasteiger partial charge in [0.05, 0.1) is 0 Å². The highest BCUT2D eigenvalue weighted by Gasteiger charge is 2.31. The van der Waals surface area contributed by atoms with Crippen LogP contribution in [-0.4, -0.2) is 35.4 Å². The Morgan fingerprint density at radius 1 is 1.12 bits per heavy atom. The fraction of sp³-hybridized carbons (Fsp3) is 0.462. The fourth-order valence-corrected chi connectivity index (χ4v) is 4.44. The predicted molar refractivity (Wildman–Crippen MR) is 131 cm³/mol. The summed E-state index contributed by atoms with van der Waals surface area (Å²) in [6, 6.07) is 13.3. The van der Waals surface area contributed by atoms with E-state index in [0.717, 1.165) is 46.8 Å². The van der Waals surface area contributed by atoms with Crippen molar-refractivity contribution in [1.82, 2.24) is 10.2 Å². The highest BCUT2D eigenvalue weighted by molar-refractivity contribution is 9.10. The minimum absolute atomic E-state index is 0.0687. The molecular weight excluding hydrogens is 468 g/mol. The van der Waals surface area contributed by atoms with E-state index in [1.807, 2.05) is 63.2 Å². The van der Waals surface area contributed by atoms with Crippen LogP contribution in [-0.2, 0) is 16.1 Å². The first-order valence-corrected chi connectivity index (χ1v) is 12.2. The average Bonchev–Trinajstić information content (AvgIpc) is 3.28. The van der Waals surface area contributed by atoms with Crippen LogP contribution >= 0.6 is 15.9 Å². The fourth-order valence-electron chi connectivity index (χ4n) is 4.19. The number of halogens is 1. The molecule has 1 aliphatic carbocycles. The van der Waals surface area contributed by atoms with Gasteiger partial charge in [0.25, 0.3) is 5.91 Å². The Bertz CT molecular complexity index is 940. The van der Waals surface area contributed by atoms with Gasteiger partial charge in [-0.25, -0.2) is 0 Å². The zero-order valence-corrected chi connectivity index (χ0v) is 20.8. The standard InChI is InChI=1S/C26H33BrN2O3/c1-4-24(26(31)28-21-11-7-8-12-21)29(16-20-10-6-5-9-18(20)2)25(30)17-32-22-13-14-23(27)19(3)15-22/h5-6,9-10,13-15,21,24H,4,7-8,11-12,16-17H2,1-3H3,(H,28,31)/t24-/m1/s1. The summed E-state index contributed by atoms with van der Waals surface area (Å²) in [4.78, 5) is 28.2. The SMILES string of the molecule is CC[C@H](C(=O)NC1CCCC1)N(Cc1ccccc1C)C(=O)COc1ccc(Br)c(C)c1. The second kappa shape index (κ2) is 11.5. The third-order valence-corrected chi connectivity index (χ3v) is 7.07. The molecule has 0 radical (unpaired) electrons. The van der Waals surface area contributed by atoms with Crippen molar-refractivity contribution >= 4 is 27.7 Å². The van der Waals surface area contributed by atoms with E-state index in [1.54, 1.807) is 4.90 Å². The molecule has 0 spiro atoms. The Morgan fingerprint density at radius 2 is 1.84 bits per heavy atom. The van der Waals surface area contributed by atoms with E-state index in [0.29, 0.717) is 18.7 Å². The maximum Gasteiger partial charge on any atom is 0.261 e. The molecule has 2 aromatic carbocycles. The van der Waals surface area contributed by atoms with Crippen molar-refractivity contribution in [2.75, 3.05) is 6.61 Å². The van der Waals surface area contributed by atoms with E-state index in [2.05, 4.69) is 21.2 Å². The lowest BCUT2D eigenvalue weighted by molar-refractivity contribution is -0.143. The third kappa shape index (κ3) is 6.35. The minimum Gasteiger partial charge on any atom is -0.484 e. The van der Waals surface area contributed by atoms with Crippen LogP contribution in [0.2, 0.25) is 0 Å². The molecule has 0 aliphatic heterocycles. The normalized spacial score (nSPS) is 14.8. The van der Waals surface area contributed by atoms with Crippen molar-refractivity contribution in [3.8, 4) is 5.75 Å². The molecule has 0 bridgehead atoms. The molecule has 0 unspecified atom stereocenters. The van der Waals surface area contributed by atoms with E-state index < -0.39 is 6.04 Å². The van der Waals surface area contributed by atoms with Gasteiger partial charge in [0.15, 0.2) is 6.61 Å². The summed E-state index contributed by atoms with van der Waals surface area (Å²) < 4.78 is 6.81. The summed E-state index contributed by atoms with van der Waals surface area (Å²) in [5.41, 5.74) is 3.17. The van der Waals surface area contributed by atoms with Crippen molar-refractivity contribution in [2.45, 2.75) is 71.5 Å². The minimum atomic E-state index is -0.530. The van der Waals surface area contributed by atoms with Gasteiger partial charge in [-0.3, -0.25) is 9.59 Å². The quantitative estimate of drug-likeness (QED) is 0.507.